The van der Waals surface area contributed by atoms with Gasteiger partial charge in [-0.2, -0.15) is 0 Å². The van der Waals surface area contributed by atoms with Gasteiger partial charge in [0.05, 0.1) is 5.52 Å². The zero-order chi connectivity index (χ0) is 28.2. The summed E-state index contributed by atoms with van der Waals surface area (Å²) < 4.78 is 1.36. The number of rotatable bonds is 4. The number of para-hydroxylation sites is 2. The molecule has 4 nitrogen and oxygen atoms in total. The van der Waals surface area contributed by atoms with Crippen LogP contribution in [0.15, 0.2) is 155 Å². The first-order valence-corrected chi connectivity index (χ1v) is 14.0. The molecule has 0 aliphatic rings. The van der Waals surface area contributed by atoms with Gasteiger partial charge in [-0.15, -0.1) is 0 Å². The largest absolute Gasteiger partial charge is 0.311 e. The highest BCUT2D eigenvalue weighted by atomic mass is 16.2. The number of fused-ring (bicyclic) bond motifs is 4. The summed E-state index contributed by atoms with van der Waals surface area (Å²) in [6, 6.07) is 48.6. The molecule has 8 aromatic rings. The lowest BCUT2D eigenvalue weighted by Gasteiger charge is -2.25. The second-order valence-electron chi connectivity index (χ2n) is 10.5. The van der Waals surface area contributed by atoms with Gasteiger partial charge in [-0.25, -0.2) is 4.40 Å². The summed E-state index contributed by atoms with van der Waals surface area (Å²) in [6.45, 7) is 0. The van der Waals surface area contributed by atoms with Crippen LogP contribution in [0, 0.1) is 0 Å². The van der Waals surface area contributed by atoms with Gasteiger partial charge in [-0.05, 0) is 82.6 Å². The highest BCUT2D eigenvalue weighted by Gasteiger charge is 2.18. The number of pyridine rings is 2. The van der Waals surface area contributed by atoms with Crippen molar-refractivity contribution in [3.05, 3.63) is 166 Å². The number of aromatic nitrogens is 1. The third kappa shape index (κ3) is 3.62. The quantitative estimate of drug-likeness (QED) is 0.166. The third-order valence-electron chi connectivity index (χ3n) is 8.12. The van der Waals surface area contributed by atoms with Crippen LogP contribution in [0.4, 0.5) is 17.1 Å². The lowest BCUT2D eigenvalue weighted by atomic mass is 9.94. The molecule has 0 spiro atoms. The topological polar surface area (TPSA) is 41.8 Å². The molecule has 0 unspecified atom stereocenters. The summed E-state index contributed by atoms with van der Waals surface area (Å²) in [5, 5.41) is 4.55. The SMILES string of the molecule is O=c1c2ccccc2c2cc(-c3ccc(N(c4ccccc4)c4ccccc4)cc3)cc3c4ccccc4c(=O)n1c23. The average molecular weight is 541 g/mol. The lowest BCUT2D eigenvalue weighted by Crippen LogP contribution is -2.27. The molecule has 0 fully saturated rings. The van der Waals surface area contributed by atoms with Crippen LogP contribution in [0.1, 0.15) is 0 Å². The predicted molar refractivity (Wildman–Crippen MR) is 174 cm³/mol. The molecule has 0 N–H and O–H groups in total. The summed E-state index contributed by atoms with van der Waals surface area (Å²) in [4.78, 5) is 29.5. The molecule has 2 heterocycles. The average Bonchev–Trinajstić information content (AvgIpc) is 3.06. The molecule has 0 radical (unpaired) electrons. The Kier molecular flexibility index (Phi) is 5.41. The van der Waals surface area contributed by atoms with E-state index >= 15 is 0 Å². The normalized spacial score (nSPS) is 11.5. The van der Waals surface area contributed by atoms with E-state index in [1.54, 1.807) is 12.1 Å². The van der Waals surface area contributed by atoms with E-state index in [0.29, 0.717) is 16.3 Å². The van der Waals surface area contributed by atoms with Crippen LogP contribution in [0.3, 0.4) is 0 Å². The molecule has 8 rings (SSSR count). The monoisotopic (exact) mass is 540 g/mol. The fraction of sp³-hybridized carbons (Fsp3) is 0. The van der Waals surface area contributed by atoms with Crippen LogP contribution >= 0.6 is 0 Å². The van der Waals surface area contributed by atoms with Gasteiger partial charge in [0.25, 0.3) is 11.1 Å². The van der Waals surface area contributed by atoms with E-state index in [4.69, 9.17) is 0 Å². The summed E-state index contributed by atoms with van der Waals surface area (Å²) in [7, 11) is 0. The van der Waals surface area contributed by atoms with Crippen LogP contribution in [0.2, 0.25) is 0 Å². The maximum atomic E-state index is 13.6. The smallest absolute Gasteiger partial charge is 0.266 e. The number of hydrogen-bond acceptors (Lipinski definition) is 3. The molecule has 0 aliphatic carbocycles. The van der Waals surface area contributed by atoms with Crippen molar-refractivity contribution in [1.29, 1.82) is 0 Å². The highest BCUT2D eigenvalue weighted by molar-refractivity contribution is 6.19. The zero-order valence-corrected chi connectivity index (χ0v) is 22.6. The molecule has 0 aliphatic heterocycles. The predicted octanol–water partition coefficient (Wildman–Crippen LogP) is 8.69. The molecule has 0 saturated heterocycles. The molecule has 4 heteroatoms. The van der Waals surface area contributed by atoms with Crippen LogP contribution in [0.5, 0.6) is 0 Å². The molecule has 42 heavy (non-hydrogen) atoms. The summed E-state index contributed by atoms with van der Waals surface area (Å²) >= 11 is 0. The number of anilines is 3. The Bertz CT molecular complexity index is 2240. The zero-order valence-electron chi connectivity index (χ0n) is 22.6. The van der Waals surface area contributed by atoms with Crippen molar-refractivity contribution in [3.63, 3.8) is 0 Å². The minimum absolute atomic E-state index is 0.280. The van der Waals surface area contributed by atoms with E-state index in [1.165, 1.54) is 4.40 Å². The Balaban J connectivity index is 1.38. The number of hydrogen-bond donors (Lipinski definition) is 0. The first-order chi connectivity index (χ1) is 20.7. The Labute approximate surface area is 241 Å². The van der Waals surface area contributed by atoms with Crippen molar-refractivity contribution in [2.24, 2.45) is 0 Å². The van der Waals surface area contributed by atoms with Crippen LogP contribution in [0.25, 0.3) is 49.0 Å². The van der Waals surface area contributed by atoms with E-state index < -0.39 is 0 Å². The minimum atomic E-state index is -0.280. The Morgan fingerprint density at radius 2 is 0.786 bits per heavy atom. The second kappa shape index (κ2) is 9.43. The molecule has 198 valence electrons. The van der Waals surface area contributed by atoms with Gasteiger partial charge in [0.1, 0.15) is 0 Å². The molecule has 2 aromatic heterocycles. The van der Waals surface area contributed by atoms with E-state index in [-0.39, 0.29) is 11.1 Å². The Morgan fingerprint density at radius 3 is 1.26 bits per heavy atom. The molecule has 0 amide bonds. The van der Waals surface area contributed by atoms with Gasteiger partial charge in [0, 0.05) is 38.6 Å². The van der Waals surface area contributed by atoms with Crippen molar-refractivity contribution < 1.29 is 0 Å². The Morgan fingerprint density at radius 1 is 0.381 bits per heavy atom. The minimum Gasteiger partial charge on any atom is -0.311 e. The van der Waals surface area contributed by atoms with Crippen molar-refractivity contribution in [2.75, 3.05) is 4.90 Å². The highest BCUT2D eigenvalue weighted by Crippen LogP contribution is 2.38. The maximum absolute atomic E-state index is 13.6. The second-order valence-corrected chi connectivity index (χ2v) is 10.5. The van der Waals surface area contributed by atoms with E-state index in [0.717, 1.165) is 49.7 Å². The van der Waals surface area contributed by atoms with Crippen molar-refractivity contribution >= 4 is 54.9 Å². The summed E-state index contributed by atoms with van der Waals surface area (Å²) in [5.74, 6) is 0. The lowest BCUT2D eigenvalue weighted by molar-refractivity contribution is 1.09. The molecule has 0 atom stereocenters. The van der Waals surface area contributed by atoms with Crippen molar-refractivity contribution in [3.8, 4) is 11.1 Å². The number of nitrogens with zero attached hydrogens (tertiary/aromatic N) is 2. The first-order valence-electron chi connectivity index (χ1n) is 14.0. The molecular formula is C38H24N2O2. The van der Waals surface area contributed by atoms with Gasteiger partial charge in [0.2, 0.25) is 0 Å². The van der Waals surface area contributed by atoms with E-state index in [9.17, 15) is 9.59 Å². The number of benzene rings is 6. The standard InChI is InChI=1S/C38H24N2O2/c41-37-32-17-9-7-15-30(32)34-23-26(24-35-31-16-8-10-18-33(31)38(42)40(37)36(34)35)25-19-21-29(22-20-25)39(27-11-3-1-4-12-27)28-13-5-2-6-14-28/h1-24H. The Hall–Kier alpha value is -5.74. The van der Waals surface area contributed by atoms with Gasteiger partial charge in [-0.1, -0.05) is 84.9 Å². The van der Waals surface area contributed by atoms with E-state index in [1.807, 2.05) is 72.8 Å². The van der Waals surface area contributed by atoms with Crippen LogP contribution in [-0.2, 0) is 0 Å². The maximum Gasteiger partial charge on any atom is 0.266 e. The van der Waals surface area contributed by atoms with Crippen LogP contribution < -0.4 is 16.0 Å². The van der Waals surface area contributed by atoms with Gasteiger partial charge in [0.15, 0.2) is 0 Å². The molecule has 0 saturated carbocycles. The van der Waals surface area contributed by atoms with Crippen molar-refractivity contribution in [1.82, 2.24) is 4.40 Å². The third-order valence-corrected chi connectivity index (χ3v) is 8.12. The van der Waals surface area contributed by atoms with Crippen LogP contribution in [-0.4, -0.2) is 4.40 Å². The molecular weight excluding hydrogens is 516 g/mol. The van der Waals surface area contributed by atoms with Crippen molar-refractivity contribution in [2.45, 2.75) is 0 Å². The molecule has 6 aromatic carbocycles. The summed E-state index contributed by atoms with van der Waals surface area (Å²) in [6.07, 6.45) is 0. The van der Waals surface area contributed by atoms with Gasteiger partial charge < -0.3 is 4.90 Å². The summed E-state index contributed by atoms with van der Waals surface area (Å²) in [5.41, 5.74) is 5.39. The van der Waals surface area contributed by atoms with Gasteiger partial charge in [-0.3, -0.25) is 9.59 Å². The molecule has 0 bridgehead atoms. The van der Waals surface area contributed by atoms with E-state index in [2.05, 4.69) is 65.6 Å². The fourth-order valence-electron chi connectivity index (χ4n) is 6.20. The fourth-order valence-corrected chi connectivity index (χ4v) is 6.20. The van der Waals surface area contributed by atoms with Gasteiger partial charge >= 0.3 is 0 Å². The first kappa shape index (κ1) is 24.1.